The molecule has 2 amide bonds. The van der Waals surface area contributed by atoms with Crippen molar-refractivity contribution in [3.05, 3.63) is 95.0 Å². The first kappa shape index (κ1) is 30.9. The minimum Gasteiger partial charge on any atom is -0.369 e. The first-order valence-corrected chi connectivity index (χ1v) is 15.7. The van der Waals surface area contributed by atoms with Crippen LogP contribution >= 0.6 is 11.6 Å². The fourth-order valence-electron chi connectivity index (χ4n) is 6.17. The van der Waals surface area contributed by atoms with Gasteiger partial charge in [0.1, 0.15) is 6.04 Å². The first-order valence-electron chi connectivity index (χ1n) is 15.3. The van der Waals surface area contributed by atoms with Crippen LogP contribution in [0.4, 0.5) is 11.4 Å². The fourth-order valence-corrected chi connectivity index (χ4v) is 6.30. The highest BCUT2D eigenvalue weighted by molar-refractivity contribution is 6.30. The van der Waals surface area contributed by atoms with Crippen molar-refractivity contribution in [2.24, 2.45) is 5.73 Å². The molecule has 0 spiro atoms. The van der Waals surface area contributed by atoms with Gasteiger partial charge in [0.05, 0.1) is 0 Å². The maximum Gasteiger partial charge on any atom is 0.245 e. The van der Waals surface area contributed by atoms with Gasteiger partial charge in [-0.15, -0.1) is 0 Å². The number of carbonyl (C=O) groups is 2. The number of nitrogens with one attached hydrogen (secondary N) is 1. The van der Waals surface area contributed by atoms with E-state index >= 15 is 0 Å². The molecule has 0 aromatic heterocycles. The quantitative estimate of drug-likeness (QED) is 0.366. The van der Waals surface area contributed by atoms with Crippen LogP contribution in [-0.4, -0.2) is 86.6 Å². The maximum absolute atomic E-state index is 13.7. The second-order valence-electron chi connectivity index (χ2n) is 11.4. The van der Waals surface area contributed by atoms with Crippen LogP contribution in [0.2, 0.25) is 5.02 Å². The molecule has 0 radical (unpaired) electrons. The van der Waals surface area contributed by atoms with Gasteiger partial charge in [-0.3, -0.25) is 14.5 Å². The van der Waals surface area contributed by atoms with Crippen LogP contribution in [0.3, 0.4) is 0 Å². The predicted octanol–water partition coefficient (Wildman–Crippen LogP) is 3.95. The van der Waals surface area contributed by atoms with E-state index in [1.165, 1.54) is 16.9 Å². The lowest BCUT2D eigenvalue weighted by molar-refractivity contribution is -0.136. The molecule has 3 N–H and O–H groups in total. The van der Waals surface area contributed by atoms with Gasteiger partial charge < -0.3 is 25.8 Å². The summed E-state index contributed by atoms with van der Waals surface area (Å²) in [5.74, 6) is -0.265. The normalized spacial score (nSPS) is 17.4. The Morgan fingerprint density at radius 3 is 2.12 bits per heavy atom. The zero-order chi connectivity index (χ0) is 30.2. The molecular formula is C34H43ClN6O2. The van der Waals surface area contributed by atoms with Gasteiger partial charge >= 0.3 is 0 Å². The first-order chi connectivity index (χ1) is 20.9. The van der Waals surface area contributed by atoms with Crippen LogP contribution in [0.25, 0.3) is 0 Å². The van der Waals surface area contributed by atoms with Crippen molar-refractivity contribution in [1.82, 2.24) is 15.1 Å². The minimum absolute atomic E-state index is 0.0575. The number of halogens is 1. The Balaban J connectivity index is 1.21. The Morgan fingerprint density at radius 2 is 1.44 bits per heavy atom. The van der Waals surface area contributed by atoms with E-state index in [4.69, 9.17) is 17.3 Å². The molecule has 2 aliphatic rings. The minimum atomic E-state index is -0.645. The zero-order valence-electron chi connectivity index (χ0n) is 25.0. The van der Waals surface area contributed by atoms with Crippen LogP contribution in [-0.2, 0) is 16.0 Å². The third-order valence-corrected chi connectivity index (χ3v) is 8.91. The van der Waals surface area contributed by atoms with E-state index in [9.17, 15) is 9.59 Å². The summed E-state index contributed by atoms with van der Waals surface area (Å²) in [6.45, 7) is 9.27. The summed E-state index contributed by atoms with van der Waals surface area (Å²) in [6.07, 6.45) is 0.596. The average Bonchev–Trinajstić information content (AvgIpc) is 3.05. The molecule has 8 nitrogen and oxygen atoms in total. The highest BCUT2D eigenvalue weighted by atomic mass is 35.5. The molecule has 2 atom stereocenters. The number of hydrogen-bond acceptors (Lipinski definition) is 6. The highest BCUT2D eigenvalue weighted by Gasteiger charge is 2.31. The van der Waals surface area contributed by atoms with Crippen molar-refractivity contribution in [3.8, 4) is 0 Å². The van der Waals surface area contributed by atoms with E-state index in [0.717, 1.165) is 44.8 Å². The monoisotopic (exact) mass is 602 g/mol. The van der Waals surface area contributed by atoms with Gasteiger partial charge in [-0.05, 0) is 48.4 Å². The van der Waals surface area contributed by atoms with Crippen LogP contribution in [0.5, 0.6) is 0 Å². The summed E-state index contributed by atoms with van der Waals surface area (Å²) in [5, 5.41) is 3.57. The third-order valence-electron chi connectivity index (χ3n) is 8.66. The van der Waals surface area contributed by atoms with Gasteiger partial charge in [-0.1, -0.05) is 60.1 Å². The summed E-state index contributed by atoms with van der Waals surface area (Å²) in [7, 11) is 0. The number of para-hydroxylation sites is 2. The molecule has 3 aromatic carbocycles. The Kier molecular flexibility index (Phi) is 10.6. The average molecular weight is 603 g/mol. The molecule has 5 rings (SSSR count). The summed E-state index contributed by atoms with van der Waals surface area (Å²) in [5.41, 5.74) is 10.4. The lowest BCUT2D eigenvalue weighted by atomic mass is 10.0. The number of hydrogen-bond donors (Lipinski definition) is 2. The summed E-state index contributed by atoms with van der Waals surface area (Å²) in [6, 6.07) is 26.4. The molecular weight excluding hydrogens is 560 g/mol. The van der Waals surface area contributed by atoms with E-state index < -0.39 is 6.04 Å². The number of anilines is 2. The molecule has 2 heterocycles. The molecule has 3 aromatic rings. The molecule has 1 unspecified atom stereocenters. The molecule has 228 valence electrons. The predicted molar refractivity (Wildman–Crippen MR) is 175 cm³/mol. The van der Waals surface area contributed by atoms with Gasteiger partial charge in [-0.25, -0.2) is 0 Å². The van der Waals surface area contributed by atoms with Crippen molar-refractivity contribution in [2.75, 3.05) is 68.7 Å². The van der Waals surface area contributed by atoms with Crippen molar-refractivity contribution in [2.45, 2.75) is 31.8 Å². The molecule has 2 aliphatic heterocycles. The molecule has 2 fully saturated rings. The lowest BCUT2D eigenvalue weighted by Crippen LogP contribution is -2.56. The molecule has 0 aliphatic carbocycles. The largest absolute Gasteiger partial charge is 0.369 e. The Bertz CT molecular complexity index is 1340. The number of rotatable bonds is 10. The topological polar surface area (TPSA) is 85.1 Å². The van der Waals surface area contributed by atoms with Gasteiger partial charge in [0.15, 0.2) is 0 Å². The fraction of sp³-hybridized carbons (Fsp3) is 0.412. The smallest absolute Gasteiger partial charge is 0.245 e. The van der Waals surface area contributed by atoms with Crippen LogP contribution in [0.15, 0.2) is 78.9 Å². The van der Waals surface area contributed by atoms with E-state index in [1.54, 1.807) is 12.1 Å². The Hall–Kier alpha value is -3.59. The highest BCUT2D eigenvalue weighted by Crippen LogP contribution is 2.32. The van der Waals surface area contributed by atoms with E-state index in [1.807, 2.05) is 17.0 Å². The van der Waals surface area contributed by atoms with Crippen molar-refractivity contribution >= 4 is 34.8 Å². The third kappa shape index (κ3) is 7.88. The number of piperazine rings is 2. The van der Waals surface area contributed by atoms with Crippen LogP contribution < -0.4 is 20.9 Å². The van der Waals surface area contributed by atoms with Crippen molar-refractivity contribution in [3.63, 3.8) is 0 Å². The summed E-state index contributed by atoms with van der Waals surface area (Å²) < 4.78 is 0. The molecule has 0 saturated carbocycles. The van der Waals surface area contributed by atoms with Crippen LogP contribution in [0.1, 0.15) is 30.5 Å². The number of amides is 2. The number of benzene rings is 3. The van der Waals surface area contributed by atoms with Gasteiger partial charge in [0, 0.05) is 94.2 Å². The maximum atomic E-state index is 13.7. The lowest BCUT2D eigenvalue weighted by Gasteiger charge is -2.42. The summed E-state index contributed by atoms with van der Waals surface area (Å²) >= 11 is 6.06. The van der Waals surface area contributed by atoms with E-state index in [0.29, 0.717) is 24.5 Å². The van der Waals surface area contributed by atoms with Crippen LogP contribution in [0, 0.1) is 0 Å². The van der Waals surface area contributed by atoms with Gasteiger partial charge in [0.2, 0.25) is 11.8 Å². The zero-order valence-corrected chi connectivity index (χ0v) is 25.8. The Labute approximate surface area is 260 Å². The standard InChI is InChI=1S/C34H43ClN6O2/c1-26(38-17-19-39(20-18-38)29-7-3-2-4-8-29)30-9-5-6-10-32(30)40-21-23-41(24-22-40)34(43)31(37-33(42)15-16-36)25-27-11-13-28(35)14-12-27/h2-14,26,31H,15-25,36H2,1H3,(H,37,42)/t26?,31-/m1/s1. The van der Waals surface area contributed by atoms with E-state index in [-0.39, 0.29) is 30.8 Å². The molecule has 9 heteroatoms. The van der Waals surface area contributed by atoms with E-state index in [2.05, 4.69) is 81.5 Å². The second kappa shape index (κ2) is 14.7. The number of nitrogens with zero attached hydrogens (tertiary/aromatic N) is 4. The summed E-state index contributed by atoms with van der Waals surface area (Å²) in [4.78, 5) is 35.5. The van der Waals surface area contributed by atoms with Crippen molar-refractivity contribution in [1.29, 1.82) is 0 Å². The van der Waals surface area contributed by atoms with Gasteiger partial charge in [-0.2, -0.15) is 0 Å². The Morgan fingerprint density at radius 1 is 0.814 bits per heavy atom. The molecule has 43 heavy (non-hydrogen) atoms. The van der Waals surface area contributed by atoms with Gasteiger partial charge in [0.25, 0.3) is 0 Å². The molecule has 2 saturated heterocycles. The van der Waals surface area contributed by atoms with Crippen molar-refractivity contribution < 1.29 is 9.59 Å². The number of nitrogens with two attached hydrogens (primary N) is 1. The number of carbonyl (C=O) groups excluding carboxylic acids is 2. The molecule has 0 bridgehead atoms. The SMILES string of the molecule is CC(c1ccccc1N1CCN(C(=O)[C@@H](Cc2ccc(Cl)cc2)NC(=O)CCN)CC1)N1CCN(c2ccccc2)CC1. The second-order valence-corrected chi connectivity index (χ2v) is 11.8.